The van der Waals surface area contributed by atoms with Gasteiger partial charge in [-0.05, 0) is 48.6 Å². The van der Waals surface area contributed by atoms with Crippen molar-refractivity contribution in [2.75, 3.05) is 0 Å². The number of pyridine rings is 1. The van der Waals surface area contributed by atoms with Crippen molar-refractivity contribution in [2.24, 2.45) is 5.92 Å². The van der Waals surface area contributed by atoms with Crippen molar-refractivity contribution in [2.45, 2.75) is 32.0 Å². The molecule has 0 spiro atoms. The molecule has 0 saturated heterocycles. The highest BCUT2D eigenvalue weighted by atomic mass is 15.3. The van der Waals surface area contributed by atoms with Gasteiger partial charge in [0.25, 0.3) is 0 Å². The molecule has 5 nitrogen and oxygen atoms in total. The minimum absolute atomic E-state index is 0.519. The summed E-state index contributed by atoms with van der Waals surface area (Å²) >= 11 is 0. The summed E-state index contributed by atoms with van der Waals surface area (Å²) in [5.74, 6) is 0.794. The first-order valence-corrected chi connectivity index (χ1v) is 9.07. The van der Waals surface area contributed by atoms with Crippen molar-refractivity contribution < 1.29 is 0 Å². The van der Waals surface area contributed by atoms with Gasteiger partial charge in [-0.15, -0.1) is 0 Å². The maximum atomic E-state index is 9.27. The molecule has 1 aliphatic carbocycles. The molecule has 1 fully saturated rings. The Kier molecular flexibility index (Phi) is 3.58. The van der Waals surface area contributed by atoms with E-state index in [9.17, 15) is 5.26 Å². The van der Waals surface area contributed by atoms with Crippen molar-refractivity contribution in [1.29, 1.82) is 5.26 Å². The van der Waals surface area contributed by atoms with Gasteiger partial charge in [0.2, 0.25) is 0 Å². The largest absolute Gasteiger partial charge is 0.306 e. The number of nitrogens with one attached hydrogen (secondary N) is 1. The lowest BCUT2D eigenvalue weighted by Gasteiger charge is -2.25. The van der Waals surface area contributed by atoms with E-state index < -0.39 is 0 Å². The van der Waals surface area contributed by atoms with Crippen LogP contribution in [0.2, 0.25) is 0 Å². The van der Waals surface area contributed by atoms with Crippen LogP contribution in [0.25, 0.3) is 22.4 Å². The smallest absolute Gasteiger partial charge is 0.101 e. The third-order valence-electron chi connectivity index (χ3n) is 5.38. The van der Waals surface area contributed by atoms with E-state index in [1.54, 1.807) is 0 Å². The molecule has 0 unspecified atom stereocenters. The van der Waals surface area contributed by atoms with Crippen LogP contribution >= 0.6 is 0 Å². The zero-order valence-corrected chi connectivity index (χ0v) is 14.4. The fraction of sp³-hybridized carbons (Fsp3) is 0.286. The highest BCUT2D eigenvalue weighted by Crippen LogP contribution is 2.39. The van der Waals surface area contributed by atoms with Crippen LogP contribution in [-0.4, -0.2) is 20.8 Å². The summed E-state index contributed by atoms with van der Waals surface area (Å²) in [7, 11) is 0. The highest BCUT2D eigenvalue weighted by Gasteiger charge is 2.35. The van der Waals surface area contributed by atoms with E-state index >= 15 is 0 Å². The number of nitriles is 1. The number of hydrogen-bond acceptors (Lipinski definition) is 4. The number of rotatable bonds is 3. The Hall–Kier alpha value is -2.97. The van der Waals surface area contributed by atoms with Gasteiger partial charge in [0, 0.05) is 36.1 Å². The van der Waals surface area contributed by atoms with E-state index in [4.69, 9.17) is 5.10 Å². The summed E-state index contributed by atoms with van der Waals surface area (Å²) in [5, 5.41) is 18.0. The van der Waals surface area contributed by atoms with E-state index in [0.717, 1.165) is 41.4 Å². The van der Waals surface area contributed by atoms with E-state index in [0.29, 0.717) is 11.6 Å². The van der Waals surface area contributed by atoms with Crippen LogP contribution in [0, 0.1) is 17.2 Å². The molecule has 1 aliphatic heterocycles. The third kappa shape index (κ3) is 2.59. The molecule has 2 aromatic heterocycles. The number of nitrogens with zero attached hydrogens (tertiary/aromatic N) is 4. The zero-order valence-electron chi connectivity index (χ0n) is 14.4. The van der Waals surface area contributed by atoms with Gasteiger partial charge in [-0.2, -0.15) is 10.4 Å². The molecule has 1 saturated carbocycles. The first kappa shape index (κ1) is 15.3. The Bertz CT molecular complexity index is 995. The molecule has 5 rings (SSSR count). The Morgan fingerprint density at radius 1 is 1.12 bits per heavy atom. The summed E-state index contributed by atoms with van der Waals surface area (Å²) in [6, 6.07) is 14.5. The lowest BCUT2D eigenvalue weighted by atomic mass is 9.98. The SMILES string of the molecule is N#Cc1cccc(-c2nn3c(c2-c2ccncc2)CN[C@@H](C2CC2)C3)c1. The van der Waals surface area contributed by atoms with Crippen molar-refractivity contribution >= 4 is 0 Å². The van der Waals surface area contributed by atoms with Crippen molar-refractivity contribution in [1.82, 2.24) is 20.1 Å². The molecule has 3 heterocycles. The molecule has 3 aromatic rings. The van der Waals surface area contributed by atoms with Crippen molar-refractivity contribution in [3.63, 3.8) is 0 Å². The molecule has 1 atom stereocenters. The molecule has 5 heteroatoms. The fourth-order valence-electron chi connectivity index (χ4n) is 3.88. The second kappa shape index (κ2) is 6.08. The number of hydrogen-bond donors (Lipinski definition) is 1. The van der Waals surface area contributed by atoms with E-state index in [2.05, 4.69) is 21.1 Å². The fourth-order valence-corrected chi connectivity index (χ4v) is 3.88. The normalized spacial score (nSPS) is 19.0. The average Bonchev–Trinajstić information content (AvgIpc) is 3.48. The third-order valence-corrected chi connectivity index (χ3v) is 5.38. The summed E-state index contributed by atoms with van der Waals surface area (Å²) in [5.41, 5.74) is 6.06. The molecule has 128 valence electrons. The van der Waals surface area contributed by atoms with Gasteiger partial charge >= 0.3 is 0 Å². The predicted molar refractivity (Wildman–Crippen MR) is 99.0 cm³/mol. The predicted octanol–water partition coefficient (Wildman–Crippen LogP) is 3.37. The van der Waals surface area contributed by atoms with Crippen LogP contribution in [0.15, 0.2) is 48.8 Å². The van der Waals surface area contributed by atoms with Gasteiger partial charge in [0.15, 0.2) is 0 Å². The summed E-state index contributed by atoms with van der Waals surface area (Å²) in [6.45, 7) is 1.74. The Balaban J connectivity index is 1.67. The van der Waals surface area contributed by atoms with Crippen LogP contribution in [0.1, 0.15) is 24.1 Å². The summed E-state index contributed by atoms with van der Waals surface area (Å²) in [6.07, 6.45) is 6.28. The highest BCUT2D eigenvalue weighted by molar-refractivity contribution is 5.83. The molecular formula is C21H19N5. The number of aromatic nitrogens is 3. The maximum absolute atomic E-state index is 9.27. The minimum Gasteiger partial charge on any atom is -0.306 e. The van der Waals surface area contributed by atoms with E-state index in [1.807, 2.05) is 48.8 Å². The van der Waals surface area contributed by atoms with Gasteiger partial charge < -0.3 is 5.32 Å². The van der Waals surface area contributed by atoms with Crippen LogP contribution in [-0.2, 0) is 13.1 Å². The standard InChI is InChI=1S/C21H19N5/c22-11-14-2-1-3-17(10-14)21-20(16-6-8-23-9-7-16)19-12-24-18(15-4-5-15)13-26(19)25-21/h1-3,6-10,15,18,24H,4-5,12-13H2/t18-/m1/s1. The van der Waals surface area contributed by atoms with Gasteiger partial charge in [-0.25, -0.2) is 0 Å². The van der Waals surface area contributed by atoms with E-state index in [1.165, 1.54) is 18.5 Å². The first-order valence-electron chi connectivity index (χ1n) is 9.07. The Morgan fingerprint density at radius 2 is 1.96 bits per heavy atom. The van der Waals surface area contributed by atoms with Gasteiger partial charge in [-0.1, -0.05) is 12.1 Å². The molecule has 0 radical (unpaired) electrons. The first-order chi connectivity index (χ1) is 12.8. The maximum Gasteiger partial charge on any atom is 0.101 e. The second-order valence-corrected chi connectivity index (χ2v) is 7.11. The quantitative estimate of drug-likeness (QED) is 0.793. The molecule has 26 heavy (non-hydrogen) atoms. The van der Waals surface area contributed by atoms with Crippen molar-refractivity contribution in [3.8, 4) is 28.5 Å². The second-order valence-electron chi connectivity index (χ2n) is 7.11. The van der Waals surface area contributed by atoms with Crippen LogP contribution < -0.4 is 5.32 Å². The zero-order chi connectivity index (χ0) is 17.5. The van der Waals surface area contributed by atoms with E-state index in [-0.39, 0.29) is 0 Å². The lowest BCUT2D eigenvalue weighted by molar-refractivity contribution is 0.339. The van der Waals surface area contributed by atoms with Crippen LogP contribution in [0.3, 0.4) is 0 Å². The molecule has 1 N–H and O–H groups in total. The van der Waals surface area contributed by atoms with Gasteiger partial charge in [0.1, 0.15) is 5.69 Å². The Labute approximate surface area is 152 Å². The molecule has 2 aliphatic rings. The molecule has 1 aromatic carbocycles. The summed E-state index contributed by atoms with van der Waals surface area (Å²) in [4.78, 5) is 4.15. The van der Waals surface area contributed by atoms with Crippen molar-refractivity contribution in [3.05, 3.63) is 60.0 Å². The minimum atomic E-state index is 0.519. The van der Waals surface area contributed by atoms with Crippen LogP contribution in [0.4, 0.5) is 0 Å². The molecule has 0 amide bonds. The molecular weight excluding hydrogens is 322 g/mol. The molecule has 0 bridgehead atoms. The summed E-state index contributed by atoms with van der Waals surface area (Å²) < 4.78 is 2.17. The topological polar surface area (TPSA) is 66.5 Å². The monoisotopic (exact) mass is 341 g/mol. The van der Waals surface area contributed by atoms with Crippen LogP contribution in [0.5, 0.6) is 0 Å². The number of fused-ring (bicyclic) bond motifs is 1. The lowest BCUT2D eigenvalue weighted by Crippen LogP contribution is -2.40. The number of benzene rings is 1. The van der Waals surface area contributed by atoms with Gasteiger partial charge in [-0.3, -0.25) is 9.67 Å². The Morgan fingerprint density at radius 3 is 2.73 bits per heavy atom. The van der Waals surface area contributed by atoms with Gasteiger partial charge in [0.05, 0.1) is 23.9 Å². The average molecular weight is 341 g/mol.